The minimum atomic E-state index is -0.703. The number of allylic oxidation sites excluding steroid dienone is 4. The lowest BCUT2D eigenvalue weighted by Gasteiger charge is -2.39. The fourth-order valence-electron chi connectivity index (χ4n) is 2.35. The van der Waals surface area contributed by atoms with Crippen molar-refractivity contribution in [1.29, 1.82) is 0 Å². The first-order chi connectivity index (χ1) is 7.95. The molecule has 0 N–H and O–H groups in total. The van der Waals surface area contributed by atoms with E-state index in [1.807, 2.05) is 12.2 Å². The lowest BCUT2D eigenvalue weighted by molar-refractivity contribution is -0.144. The number of likely N-dealkylation sites (N-methyl/N-ethyl adjacent to an activating group) is 2. The van der Waals surface area contributed by atoms with Crippen LogP contribution in [0.5, 0.6) is 0 Å². The number of ketones is 1. The second-order valence-electron chi connectivity index (χ2n) is 4.62. The molecule has 1 amide bonds. The Balaban J connectivity index is 2.48. The van der Waals surface area contributed by atoms with Crippen LogP contribution in [0.15, 0.2) is 36.1 Å². The van der Waals surface area contributed by atoms with Crippen molar-refractivity contribution >= 4 is 11.7 Å². The summed E-state index contributed by atoms with van der Waals surface area (Å²) in [4.78, 5) is 27.7. The zero-order chi connectivity index (χ0) is 12.7. The van der Waals surface area contributed by atoms with E-state index in [-0.39, 0.29) is 17.6 Å². The number of piperidine rings is 1. The quantitative estimate of drug-likeness (QED) is 0.621. The van der Waals surface area contributed by atoms with Crippen molar-refractivity contribution in [3.63, 3.8) is 0 Å². The van der Waals surface area contributed by atoms with Crippen molar-refractivity contribution in [3.05, 3.63) is 36.1 Å². The minimum Gasteiger partial charge on any atom is -0.316 e. The average Bonchev–Trinajstić information content (AvgIpc) is 2.25. The Morgan fingerprint density at radius 1 is 1.35 bits per heavy atom. The van der Waals surface area contributed by atoms with E-state index in [9.17, 15) is 9.59 Å². The number of rotatable bonds is 1. The zero-order valence-corrected chi connectivity index (χ0v) is 10.3. The summed E-state index contributed by atoms with van der Waals surface area (Å²) >= 11 is 0. The number of Topliss-reactive ketones (excluding diaryl/α,β-unsaturated/α-hetero) is 1. The molecular weight excluding hydrogens is 216 g/mol. The smallest absolute Gasteiger partial charge is 0.251 e. The predicted octanol–water partition coefficient (Wildman–Crippen LogP) is 0.584. The third kappa shape index (κ3) is 1.65. The molecule has 90 valence electrons. The van der Waals surface area contributed by atoms with Crippen molar-refractivity contribution in [2.45, 2.75) is 6.04 Å². The number of carbonyl (C=O) groups excluding carboxylic acids is 2. The third-order valence-corrected chi connectivity index (χ3v) is 3.27. The first-order valence-corrected chi connectivity index (χ1v) is 5.50. The number of nitrogens with zero attached hydrogens (tertiary/aromatic N) is 2. The standard InChI is InChI=1S/C13H16N2O2/c1-8-6-5-7-9-10(8)12(16)11(14(2)3)13(17)15(9)4/h5-7,10-11H,1H2,2-4H3. The molecule has 17 heavy (non-hydrogen) atoms. The van der Waals surface area contributed by atoms with E-state index in [2.05, 4.69) is 6.58 Å². The average molecular weight is 232 g/mol. The summed E-state index contributed by atoms with van der Waals surface area (Å²) in [6.45, 7) is 3.90. The summed E-state index contributed by atoms with van der Waals surface area (Å²) in [6, 6.07) is -0.703. The van der Waals surface area contributed by atoms with Crippen LogP contribution in [0.4, 0.5) is 0 Å². The largest absolute Gasteiger partial charge is 0.316 e. The number of amides is 1. The van der Waals surface area contributed by atoms with Gasteiger partial charge in [-0.25, -0.2) is 0 Å². The van der Waals surface area contributed by atoms with Gasteiger partial charge >= 0.3 is 0 Å². The van der Waals surface area contributed by atoms with Gasteiger partial charge in [0.05, 0.1) is 5.92 Å². The Bertz CT molecular complexity index is 460. The maximum absolute atomic E-state index is 12.3. The zero-order valence-electron chi connectivity index (χ0n) is 10.3. The first kappa shape index (κ1) is 11.8. The monoisotopic (exact) mass is 232 g/mol. The summed E-state index contributed by atoms with van der Waals surface area (Å²) in [5.74, 6) is -0.639. The van der Waals surface area contributed by atoms with E-state index in [0.717, 1.165) is 11.3 Å². The summed E-state index contributed by atoms with van der Waals surface area (Å²) in [5, 5.41) is 0. The molecule has 0 aromatic heterocycles. The molecule has 1 aliphatic carbocycles. The molecule has 0 aromatic rings. The molecular formula is C13H16N2O2. The number of fused-ring (bicyclic) bond motifs is 1. The number of hydrogen-bond acceptors (Lipinski definition) is 3. The highest BCUT2D eigenvalue weighted by molar-refractivity contribution is 6.12. The van der Waals surface area contributed by atoms with Gasteiger partial charge in [0.25, 0.3) is 5.91 Å². The van der Waals surface area contributed by atoms with Crippen LogP contribution in [-0.4, -0.2) is 48.7 Å². The second-order valence-corrected chi connectivity index (χ2v) is 4.62. The molecule has 2 unspecified atom stereocenters. The molecule has 1 heterocycles. The van der Waals surface area contributed by atoms with Gasteiger partial charge in [-0.3, -0.25) is 14.5 Å². The SMILES string of the molecule is C=C1C=CC=C2C1C(=O)C(N(C)C)C(=O)N2C. The molecule has 1 fully saturated rings. The van der Waals surface area contributed by atoms with E-state index < -0.39 is 6.04 Å². The molecule has 0 saturated carbocycles. The van der Waals surface area contributed by atoms with Crippen molar-refractivity contribution in [2.75, 3.05) is 21.1 Å². The number of likely N-dealkylation sites (tertiary alicyclic amines) is 1. The predicted molar refractivity (Wildman–Crippen MR) is 65.1 cm³/mol. The van der Waals surface area contributed by atoms with Crippen LogP contribution in [0, 0.1) is 5.92 Å². The summed E-state index contributed by atoms with van der Waals surface area (Å²) in [6.07, 6.45) is 5.45. The van der Waals surface area contributed by atoms with E-state index in [1.54, 1.807) is 37.0 Å². The lowest BCUT2D eigenvalue weighted by Crippen LogP contribution is -2.57. The Kier molecular flexibility index (Phi) is 2.75. The molecule has 2 aliphatic rings. The van der Waals surface area contributed by atoms with Crippen molar-refractivity contribution in [1.82, 2.24) is 9.80 Å². The van der Waals surface area contributed by atoms with Gasteiger partial charge in [0.1, 0.15) is 6.04 Å². The highest BCUT2D eigenvalue weighted by atomic mass is 16.2. The van der Waals surface area contributed by atoms with Gasteiger partial charge in [-0.1, -0.05) is 18.7 Å². The van der Waals surface area contributed by atoms with Crippen molar-refractivity contribution < 1.29 is 9.59 Å². The minimum absolute atomic E-state index is 0.0845. The lowest BCUT2D eigenvalue weighted by atomic mass is 9.81. The summed E-state index contributed by atoms with van der Waals surface area (Å²) < 4.78 is 0. The van der Waals surface area contributed by atoms with Crippen LogP contribution in [0.1, 0.15) is 0 Å². The molecule has 0 aromatic carbocycles. The molecule has 0 bridgehead atoms. The van der Waals surface area contributed by atoms with Crippen LogP contribution >= 0.6 is 0 Å². The van der Waals surface area contributed by atoms with E-state index in [0.29, 0.717) is 0 Å². The highest BCUT2D eigenvalue weighted by Gasteiger charge is 2.45. The van der Waals surface area contributed by atoms with Gasteiger partial charge in [0.2, 0.25) is 0 Å². The van der Waals surface area contributed by atoms with Crippen molar-refractivity contribution in [3.8, 4) is 0 Å². The topological polar surface area (TPSA) is 40.6 Å². The molecule has 0 spiro atoms. The van der Waals surface area contributed by atoms with E-state index in [4.69, 9.17) is 0 Å². The number of hydrogen-bond donors (Lipinski definition) is 0. The second kappa shape index (κ2) is 3.96. The fraction of sp³-hybridized carbons (Fsp3) is 0.385. The summed E-state index contributed by atoms with van der Waals surface area (Å²) in [5.41, 5.74) is 1.48. The highest BCUT2D eigenvalue weighted by Crippen LogP contribution is 2.33. The molecule has 2 rings (SSSR count). The van der Waals surface area contributed by atoms with Gasteiger partial charge in [-0.05, 0) is 25.7 Å². The maximum Gasteiger partial charge on any atom is 0.251 e. The maximum atomic E-state index is 12.3. The van der Waals surface area contributed by atoms with Gasteiger partial charge < -0.3 is 4.90 Å². The molecule has 1 saturated heterocycles. The molecule has 2 atom stereocenters. The summed E-state index contributed by atoms with van der Waals surface area (Å²) in [7, 11) is 5.19. The Labute approximate surface area is 101 Å². The molecule has 0 radical (unpaired) electrons. The van der Waals surface area contributed by atoms with E-state index >= 15 is 0 Å². The third-order valence-electron chi connectivity index (χ3n) is 3.27. The first-order valence-electron chi connectivity index (χ1n) is 5.50. The van der Waals surface area contributed by atoms with Crippen LogP contribution in [-0.2, 0) is 9.59 Å². The Hall–Kier alpha value is -1.68. The van der Waals surface area contributed by atoms with Crippen LogP contribution in [0.3, 0.4) is 0 Å². The van der Waals surface area contributed by atoms with Crippen LogP contribution < -0.4 is 0 Å². The molecule has 1 aliphatic heterocycles. The van der Waals surface area contributed by atoms with Crippen LogP contribution in [0.25, 0.3) is 0 Å². The van der Waals surface area contributed by atoms with Gasteiger partial charge in [0, 0.05) is 12.7 Å². The van der Waals surface area contributed by atoms with Gasteiger partial charge in [-0.2, -0.15) is 0 Å². The normalized spacial score (nSPS) is 28.6. The molecule has 4 heteroatoms. The van der Waals surface area contributed by atoms with Crippen molar-refractivity contribution in [2.24, 2.45) is 5.92 Å². The number of carbonyl (C=O) groups is 2. The van der Waals surface area contributed by atoms with Gasteiger partial charge in [-0.15, -0.1) is 0 Å². The van der Waals surface area contributed by atoms with Gasteiger partial charge in [0.15, 0.2) is 5.78 Å². The Morgan fingerprint density at radius 3 is 2.59 bits per heavy atom. The van der Waals surface area contributed by atoms with Crippen LogP contribution in [0.2, 0.25) is 0 Å². The van der Waals surface area contributed by atoms with E-state index in [1.165, 1.54) is 0 Å². The Morgan fingerprint density at radius 2 is 2.00 bits per heavy atom. The fourth-order valence-corrected chi connectivity index (χ4v) is 2.35. The molecule has 4 nitrogen and oxygen atoms in total.